The van der Waals surface area contributed by atoms with Gasteiger partial charge in [0.2, 0.25) is 0 Å². The number of hydrogen-bond acceptors (Lipinski definition) is 3. The summed E-state index contributed by atoms with van der Waals surface area (Å²) in [5, 5.41) is 3.31. The van der Waals surface area contributed by atoms with E-state index in [0.717, 1.165) is 32.7 Å². The molecule has 14 heavy (non-hydrogen) atoms. The smallest absolute Gasteiger partial charge is 0.0594 e. The van der Waals surface area contributed by atoms with Crippen LogP contribution in [0, 0.1) is 0 Å². The summed E-state index contributed by atoms with van der Waals surface area (Å²) in [5.74, 6) is 0. The molecule has 0 unspecified atom stereocenters. The topological polar surface area (TPSA) is 30.5 Å². The van der Waals surface area contributed by atoms with Crippen molar-refractivity contribution in [1.82, 2.24) is 5.32 Å². The van der Waals surface area contributed by atoms with Gasteiger partial charge in [0, 0.05) is 13.2 Å². The first-order chi connectivity index (χ1) is 6.63. The van der Waals surface area contributed by atoms with Gasteiger partial charge in [0.15, 0.2) is 0 Å². The third-order valence-corrected chi connectivity index (χ3v) is 1.68. The van der Waals surface area contributed by atoms with Gasteiger partial charge < -0.3 is 14.8 Å². The molecule has 3 nitrogen and oxygen atoms in total. The molecule has 0 atom stereocenters. The van der Waals surface area contributed by atoms with Crippen molar-refractivity contribution in [1.29, 1.82) is 0 Å². The zero-order valence-electron chi connectivity index (χ0n) is 10.0. The monoisotopic (exact) mass is 203 g/mol. The fraction of sp³-hybridized carbons (Fsp3) is 1.00. The van der Waals surface area contributed by atoms with Gasteiger partial charge in [-0.3, -0.25) is 0 Å². The van der Waals surface area contributed by atoms with Crippen LogP contribution in [0.5, 0.6) is 0 Å². The quantitative estimate of drug-likeness (QED) is 0.580. The minimum Gasteiger partial charge on any atom is -0.379 e. The van der Waals surface area contributed by atoms with Crippen LogP contribution in [-0.4, -0.2) is 38.5 Å². The van der Waals surface area contributed by atoms with E-state index in [9.17, 15) is 0 Å². The number of rotatable bonds is 9. The highest BCUT2D eigenvalue weighted by molar-refractivity contribution is 4.48. The van der Waals surface area contributed by atoms with Gasteiger partial charge in [-0.1, -0.05) is 0 Å². The zero-order valence-corrected chi connectivity index (χ0v) is 10.0. The van der Waals surface area contributed by atoms with Gasteiger partial charge >= 0.3 is 0 Å². The summed E-state index contributed by atoms with van der Waals surface area (Å²) in [6, 6.07) is 0. The van der Waals surface area contributed by atoms with Crippen molar-refractivity contribution in [2.75, 3.05) is 26.3 Å². The largest absolute Gasteiger partial charge is 0.379 e. The van der Waals surface area contributed by atoms with E-state index in [-0.39, 0.29) is 0 Å². The lowest BCUT2D eigenvalue weighted by molar-refractivity contribution is 0.0721. The highest BCUT2D eigenvalue weighted by atomic mass is 16.5. The van der Waals surface area contributed by atoms with E-state index in [1.807, 2.05) is 0 Å². The van der Waals surface area contributed by atoms with E-state index in [4.69, 9.17) is 9.47 Å². The fourth-order valence-electron chi connectivity index (χ4n) is 1.01. The van der Waals surface area contributed by atoms with Crippen molar-refractivity contribution in [3.8, 4) is 0 Å². The van der Waals surface area contributed by atoms with Crippen LogP contribution in [0.3, 0.4) is 0 Å². The second kappa shape index (κ2) is 9.44. The van der Waals surface area contributed by atoms with Gasteiger partial charge in [0.25, 0.3) is 0 Å². The molecule has 3 heteroatoms. The summed E-state index contributed by atoms with van der Waals surface area (Å²) in [4.78, 5) is 0. The van der Waals surface area contributed by atoms with E-state index in [2.05, 4.69) is 33.0 Å². The molecule has 0 radical (unpaired) electrons. The minimum atomic E-state index is 0.334. The fourth-order valence-corrected chi connectivity index (χ4v) is 1.01. The summed E-state index contributed by atoms with van der Waals surface area (Å²) in [6.07, 6.45) is 1.75. The maximum atomic E-state index is 5.42. The van der Waals surface area contributed by atoms with Crippen molar-refractivity contribution in [3.63, 3.8) is 0 Å². The molecule has 0 aliphatic heterocycles. The Kier molecular flexibility index (Phi) is 9.35. The average molecular weight is 203 g/mol. The Morgan fingerprint density at radius 1 is 0.857 bits per heavy atom. The molecule has 0 saturated heterocycles. The van der Waals surface area contributed by atoms with E-state index in [1.165, 1.54) is 0 Å². The molecule has 0 aromatic heterocycles. The van der Waals surface area contributed by atoms with Crippen molar-refractivity contribution < 1.29 is 9.47 Å². The van der Waals surface area contributed by atoms with Crippen LogP contribution < -0.4 is 5.32 Å². The molecule has 1 N–H and O–H groups in total. The summed E-state index contributed by atoms with van der Waals surface area (Å²) in [7, 11) is 0. The average Bonchev–Trinajstić information content (AvgIpc) is 2.08. The van der Waals surface area contributed by atoms with E-state index in [1.54, 1.807) is 0 Å². The first kappa shape index (κ1) is 13.9. The van der Waals surface area contributed by atoms with Gasteiger partial charge in [0.05, 0.1) is 18.8 Å². The molecule has 0 aromatic rings. The van der Waals surface area contributed by atoms with Crippen molar-refractivity contribution in [2.24, 2.45) is 0 Å². The summed E-state index contributed by atoms with van der Waals surface area (Å²) >= 11 is 0. The molecular weight excluding hydrogens is 178 g/mol. The van der Waals surface area contributed by atoms with Crippen LogP contribution in [0.2, 0.25) is 0 Å². The Morgan fingerprint density at radius 3 is 2.00 bits per heavy atom. The highest BCUT2D eigenvalue weighted by Crippen LogP contribution is 1.89. The zero-order chi connectivity index (χ0) is 10.8. The highest BCUT2D eigenvalue weighted by Gasteiger charge is 1.94. The Hall–Kier alpha value is -0.120. The summed E-state index contributed by atoms with van der Waals surface area (Å²) < 4.78 is 10.8. The van der Waals surface area contributed by atoms with Crippen LogP contribution >= 0.6 is 0 Å². The molecule has 86 valence electrons. The van der Waals surface area contributed by atoms with Crippen LogP contribution in [0.25, 0.3) is 0 Å². The normalized spacial score (nSPS) is 11.6. The van der Waals surface area contributed by atoms with Crippen LogP contribution in [-0.2, 0) is 9.47 Å². The van der Waals surface area contributed by atoms with Crippen LogP contribution in [0.1, 0.15) is 34.1 Å². The second-order valence-corrected chi connectivity index (χ2v) is 3.94. The van der Waals surface area contributed by atoms with Gasteiger partial charge in [0.1, 0.15) is 0 Å². The lowest BCUT2D eigenvalue weighted by Gasteiger charge is -2.09. The third-order valence-electron chi connectivity index (χ3n) is 1.68. The van der Waals surface area contributed by atoms with Crippen molar-refractivity contribution >= 4 is 0 Å². The molecular formula is C11H25NO2. The maximum absolute atomic E-state index is 5.42. The molecule has 0 fully saturated rings. The van der Waals surface area contributed by atoms with Gasteiger partial charge in [-0.25, -0.2) is 0 Å². The van der Waals surface area contributed by atoms with Crippen molar-refractivity contribution in [2.45, 2.75) is 46.3 Å². The lowest BCUT2D eigenvalue weighted by atomic mass is 10.4. The van der Waals surface area contributed by atoms with Crippen LogP contribution in [0.15, 0.2) is 0 Å². The number of ether oxygens (including phenoxy) is 2. The van der Waals surface area contributed by atoms with Gasteiger partial charge in [-0.05, 0) is 40.7 Å². The minimum absolute atomic E-state index is 0.334. The number of nitrogens with one attached hydrogen (secondary N) is 1. The summed E-state index contributed by atoms with van der Waals surface area (Å²) in [5.41, 5.74) is 0. The molecule has 0 rings (SSSR count). The van der Waals surface area contributed by atoms with Gasteiger partial charge in [-0.15, -0.1) is 0 Å². The Labute approximate surface area is 88.2 Å². The van der Waals surface area contributed by atoms with E-state index in [0.29, 0.717) is 12.2 Å². The van der Waals surface area contributed by atoms with Crippen molar-refractivity contribution in [3.05, 3.63) is 0 Å². The number of hydrogen-bond donors (Lipinski definition) is 1. The standard InChI is InChI=1S/C11H25NO2/c1-10(2)13-8-5-6-12-7-9-14-11(3)4/h10-12H,5-9H2,1-4H3. The molecule has 0 spiro atoms. The SMILES string of the molecule is CC(C)OCCCNCCOC(C)C. The first-order valence-electron chi connectivity index (χ1n) is 5.57. The summed E-state index contributed by atoms with van der Waals surface area (Å²) in [6.45, 7) is 11.8. The molecule has 0 saturated carbocycles. The first-order valence-corrected chi connectivity index (χ1v) is 5.57. The molecule has 0 heterocycles. The molecule has 0 aliphatic carbocycles. The maximum Gasteiger partial charge on any atom is 0.0594 e. The predicted molar refractivity (Wildman–Crippen MR) is 59.7 cm³/mol. The molecule has 0 amide bonds. The van der Waals surface area contributed by atoms with E-state index >= 15 is 0 Å². The predicted octanol–water partition coefficient (Wildman–Crippen LogP) is 1.82. The van der Waals surface area contributed by atoms with Crippen LogP contribution in [0.4, 0.5) is 0 Å². The third kappa shape index (κ3) is 11.9. The molecule has 0 aliphatic rings. The van der Waals surface area contributed by atoms with Gasteiger partial charge in [-0.2, -0.15) is 0 Å². The second-order valence-electron chi connectivity index (χ2n) is 3.94. The van der Waals surface area contributed by atoms with E-state index < -0.39 is 0 Å². The Bertz CT molecular complexity index is 102. The Morgan fingerprint density at radius 2 is 1.43 bits per heavy atom. The lowest BCUT2D eigenvalue weighted by Crippen LogP contribution is -2.23. The Balaban J connectivity index is 2.92. The molecule has 0 aromatic carbocycles. The molecule has 0 bridgehead atoms.